The lowest BCUT2D eigenvalue weighted by molar-refractivity contribution is -0.137. The minimum atomic E-state index is -0.675. The second kappa shape index (κ2) is 13.8. The summed E-state index contributed by atoms with van der Waals surface area (Å²) in [6.45, 7) is 2.11. The Balaban J connectivity index is 3.13. The summed E-state index contributed by atoms with van der Waals surface area (Å²) in [5, 5.41) is 8.47. The lowest BCUT2D eigenvalue weighted by Gasteiger charge is -1.99. The Morgan fingerprint density at radius 3 is 2.28 bits per heavy atom. The van der Waals surface area contributed by atoms with E-state index in [4.69, 9.17) is 5.11 Å². The lowest BCUT2D eigenvalue weighted by atomic mass is 10.1. The first-order valence-electron chi connectivity index (χ1n) is 7.12. The molecule has 0 aliphatic heterocycles. The van der Waals surface area contributed by atoms with Gasteiger partial charge in [-0.3, -0.25) is 4.79 Å². The van der Waals surface area contributed by atoms with Crippen LogP contribution in [0.4, 0.5) is 0 Å². The summed E-state index contributed by atoms with van der Waals surface area (Å²) in [7, 11) is 0. The zero-order valence-electron chi connectivity index (χ0n) is 11.6. The van der Waals surface area contributed by atoms with Gasteiger partial charge >= 0.3 is 5.97 Å². The Kier molecular flexibility index (Phi) is 12.9. The van der Waals surface area contributed by atoms with Crippen LogP contribution < -0.4 is 0 Å². The maximum Gasteiger partial charge on any atom is 0.303 e. The molecule has 0 spiro atoms. The molecule has 0 aromatic carbocycles. The number of hydrogen-bond acceptors (Lipinski definition) is 1. The third-order valence-corrected chi connectivity index (χ3v) is 2.73. The molecule has 0 aliphatic carbocycles. The van der Waals surface area contributed by atoms with Crippen molar-refractivity contribution in [2.45, 2.75) is 71.1 Å². The Morgan fingerprint density at radius 1 is 1.06 bits per heavy atom. The molecule has 0 saturated carbocycles. The molecule has 102 valence electrons. The quantitative estimate of drug-likeness (QED) is 0.456. The average Bonchev–Trinajstić information content (AvgIpc) is 2.34. The molecule has 0 saturated heterocycles. The van der Waals surface area contributed by atoms with Crippen LogP contribution in [0.2, 0.25) is 0 Å². The van der Waals surface area contributed by atoms with Crippen LogP contribution in [-0.2, 0) is 4.79 Å². The van der Waals surface area contributed by atoms with Crippen molar-refractivity contribution >= 4 is 5.97 Å². The molecule has 0 bridgehead atoms. The molecule has 0 aliphatic rings. The van der Waals surface area contributed by atoms with E-state index >= 15 is 0 Å². The van der Waals surface area contributed by atoms with E-state index in [1.165, 1.54) is 25.7 Å². The van der Waals surface area contributed by atoms with Gasteiger partial charge in [0.15, 0.2) is 0 Å². The van der Waals surface area contributed by atoms with Gasteiger partial charge in [-0.2, -0.15) is 0 Å². The van der Waals surface area contributed by atoms with Gasteiger partial charge in [0.1, 0.15) is 0 Å². The fourth-order valence-corrected chi connectivity index (χ4v) is 1.68. The minimum Gasteiger partial charge on any atom is -0.481 e. The predicted molar refractivity (Wildman–Crippen MR) is 76.4 cm³/mol. The van der Waals surface area contributed by atoms with Crippen molar-refractivity contribution in [1.29, 1.82) is 0 Å². The number of hydrogen-bond donors (Lipinski definition) is 1. The van der Waals surface area contributed by atoms with Crippen molar-refractivity contribution in [1.82, 2.24) is 0 Å². The van der Waals surface area contributed by atoms with E-state index in [9.17, 15) is 4.79 Å². The average molecular weight is 250 g/mol. The Hall–Kier alpha value is -1.23. The molecule has 1 N–H and O–H groups in total. The maximum absolute atomic E-state index is 10.3. The minimum absolute atomic E-state index is 0.320. The summed E-state index contributed by atoms with van der Waals surface area (Å²) < 4.78 is 0. The smallest absolute Gasteiger partial charge is 0.303 e. The van der Waals surface area contributed by atoms with Gasteiger partial charge in [-0.05, 0) is 25.3 Å². The van der Waals surface area contributed by atoms with Crippen molar-refractivity contribution < 1.29 is 9.90 Å². The fourth-order valence-electron chi connectivity index (χ4n) is 1.68. The number of rotatable bonds is 10. The third kappa shape index (κ3) is 14.8. The number of carbonyl (C=O) groups is 1. The van der Waals surface area contributed by atoms with Gasteiger partial charge in [0.2, 0.25) is 0 Å². The number of allylic oxidation sites excluding steroid dienone is 2. The highest BCUT2D eigenvalue weighted by Gasteiger charge is 1.96. The standard InChI is InChI=1S/C16H26O2/c1-2-3-4-5-6-7-8-9-10-11-12-13-14-15-16(17)18/h3-4H,2,7-15H2,1H3,(H,17,18)/b4-3-. The Bertz CT molecular complexity index is 281. The van der Waals surface area contributed by atoms with Crippen LogP contribution in [0.5, 0.6) is 0 Å². The van der Waals surface area contributed by atoms with Crippen LogP contribution in [0.3, 0.4) is 0 Å². The zero-order valence-corrected chi connectivity index (χ0v) is 11.6. The molecule has 0 unspecified atom stereocenters. The van der Waals surface area contributed by atoms with Crippen LogP contribution in [0.1, 0.15) is 71.1 Å². The molecular formula is C16H26O2. The van der Waals surface area contributed by atoms with E-state index in [2.05, 4.69) is 24.8 Å². The largest absolute Gasteiger partial charge is 0.481 e. The second-order valence-corrected chi connectivity index (χ2v) is 4.50. The summed E-state index contributed by atoms with van der Waals surface area (Å²) in [5.41, 5.74) is 0. The van der Waals surface area contributed by atoms with Crippen molar-refractivity contribution in [2.75, 3.05) is 0 Å². The Labute approximate surface area is 111 Å². The lowest BCUT2D eigenvalue weighted by Crippen LogP contribution is -1.93. The van der Waals surface area contributed by atoms with E-state index < -0.39 is 5.97 Å². The normalized spacial score (nSPS) is 10.3. The molecule has 0 radical (unpaired) electrons. The molecule has 0 aromatic heterocycles. The predicted octanol–water partition coefficient (Wildman–Crippen LogP) is 4.55. The molecular weight excluding hydrogens is 224 g/mol. The molecule has 2 heteroatoms. The van der Waals surface area contributed by atoms with Gasteiger partial charge < -0.3 is 5.11 Å². The third-order valence-electron chi connectivity index (χ3n) is 2.73. The van der Waals surface area contributed by atoms with Crippen LogP contribution in [0, 0.1) is 11.8 Å². The van der Waals surface area contributed by atoms with E-state index in [1.807, 2.05) is 6.08 Å². The molecule has 2 nitrogen and oxygen atoms in total. The molecule has 0 atom stereocenters. The van der Waals surface area contributed by atoms with Gasteiger partial charge in [-0.25, -0.2) is 0 Å². The molecule has 18 heavy (non-hydrogen) atoms. The van der Waals surface area contributed by atoms with Gasteiger partial charge in [0, 0.05) is 12.8 Å². The Morgan fingerprint density at radius 2 is 1.67 bits per heavy atom. The number of carboxylic acid groups (broad SMARTS) is 1. The van der Waals surface area contributed by atoms with Gasteiger partial charge in [-0.1, -0.05) is 56.9 Å². The first kappa shape index (κ1) is 16.8. The van der Waals surface area contributed by atoms with E-state index in [0.717, 1.165) is 32.1 Å². The number of unbranched alkanes of at least 4 members (excludes halogenated alkanes) is 7. The van der Waals surface area contributed by atoms with E-state index in [1.54, 1.807) is 0 Å². The van der Waals surface area contributed by atoms with E-state index in [-0.39, 0.29) is 0 Å². The van der Waals surface area contributed by atoms with Gasteiger partial charge in [0.25, 0.3) is 0 Å². The van der Waals surface area contributed by atoms with Crippen molar-refractivity contribution in [2.24, 2.45) is 0 Å². The van der Waals surface area contributed by atoms with Crippen LogP contribution in [0.15, 0.2) is 12.2 Å². The highest BCUT2D eigenvalue weighted by atomic mass is 16.4. The van der Waals surface area contributed by atoms with Crippen LogP contribution in [0.25, 0.3) is 0 Å². The summed E-state index contributed by atoms with van der Waals surface area (Å²) in [6.07, 6.45) is 14.3. The number of carboxylic acids is 1. The zero-order chi connectivity index (χ0) is 13.5. The molecule has 0 aromatic rings. The first-order chi connectivity index (χ1) is 8.77. The van der Waals surface area contributed by atoms with Crippen molar-refractivity contribution in [3.05, 3.63) is 12.2 Å². The summed E-state index contributed by atoms with van der Waals surface area (Å²) in [5.74, 6) is 5.50. The highest BCUT2D eigenvalue weighted by molar-refractivity contribution is 5.66. The summed E-state index contributed by atoms with van der Waals surface area (Å²) in [4.78, 5) is 10.3. The summed E-state index contributed by atoms with van der Waals surface area (Å²) >= 11 is 0. The van der Waals surface area contributed by atoms with Gasteiger partial charge in [-0.15, -0.1) is 0 Å². The fraction of sp³-hybridized carbons (Fsp3) is 0.688. The molecule has 0 heterocycles. The monoisotopic (exact) mass is 250 g/mol. The molecule has 0 rings (SSSR count). The SMILES string of the molecule is CC/C=C\C#CCCCCCCCCCC(=O)O. The molecule has 0 fully saturated rings. The van der Waals surface area contributed by atoms with Crippen LogP contribution >= 0.6 is 0 Å². The maximum atomic E-state index is 10.3. The first-order valence-corrected chi connectivity index (χ1v) is 7.12. The highest BCUT2D eigenvalue weighted by Crippen LogP contribution is 2.09. The summed E-state index contributed by atoms with van der Waals surface area (Å²) in [6, 6.07) is 0. The van der Waals surface area contributed by atoms with Crippen molar-refractivity contribution in [3.8, 4) is 11.8 Å². The second-order valence-electron chi connectivity index (χ2n) is 4.50. The van der Waals surface area contributed by atoms with E-state index in [0.29, 0.717) is 6.42 Å². The topological polar surface area (TPSA) is 37.3 Å². The molecule has 0 amide bonds. The number of aliphatic carboxylic acids is 1. The van der Waals surface area contributed by atoms with Crippen molar-refractivity contribution in [3.63, 3.8) is 0 Å². The van der Waals surface area contributed by atoms with Crippen LogP contribution in [-0.4, -0.2) is 11.1 Å². The van der Waals surface area contributed by atoms with Gasteiger partial charge in [0.05, 0.1) is 0 Å².